The SMILES string of the molecule is Cc1cccc(-c2noc(-c3cc(C)[nH]n3)n2)c1. The third-order valence-corrected chi connectivity index (χ3v) is 2.63. The molecule has 0 bridgehead atoms. The van der Waals surface area contributed by atoms with Gasteiger partial charge >= 0.3 is 0 Å². The number of aromatic amines is 1. The molecule has 0 amide bonds. The third kappa shape index (κ3) is 1.90. The summed E-state index contributed by atoms with van der Waals surface area (Å²) in [4.78, 5) is 4.34. The number of H-pyrrole nitrogens is 1. The molecule has 1 aromatic carbocycles. The smallest absolute Gasteiger partial charge is 0.278 e. The van der Waals surface area contributed by atoms with Crippen LogP contribution < -0.4 is 0 Å². The Balaban J connectivity index is 1.99. The first-order chi connectivity index (χ1) is 8.72. The van der Waals surface area contributed by atoms with Gasteiger partial charge < -0.3 is 4.52 Å². The molecule has 0 aliphatic rings. The van der Waals surface area contributed by atoms with Gasteiger partial charge in [-0.3, -0.25) is 5.10 Å². The lowest BCUT2D eigenvalue weighted by atomic mass is 10.1. The quantitative estimate of drug-likeness (QED) is 0.747. The van der Waals surface area contributed by atoms with Crippen LogP contribution in [-0.2, 0) is 0 Å². The molecule has 0 aliphatic heterocycles. The number of aryl methyl sites for hydroxylation is 2. The lowest BCUT2D eigenvalue weighted by Gasteiger charge is -1.94. The summed E-state index contributed by atoms with van der Waals surface area (Å²) in [6, 6.07) is 9.84. The van der Waals surface area contributed by atoms with E-state index >= 15 is 0 Å². The maximum absolute atomic E-state index is 5.21. The summed E-state index contributed by atoms with van der Waals surface area (Å²) in [5.41, 5.74) is 3.73. The van der Waals surface area contributed by atoms with Crippen LogP contribution in [0.3, 0.4) is 0 Å². The van der Waals surface area contributed by atoms with Crippen LogP contribution in [-0.4, -0.2) is 20.3 Å². The van der Waals surface area contributed by atoms with Crippen LogP contribution in [0.4, 0.5) is 0 Å². The number of rotatable bonds is 2. The molecule has 18 heavy (non-hydrogen) atoms. The summed E-state index contributed by atoms with van der Waals surface area (Å²) in [6.45, 7) is 3.95. The highest BCUT2D eigenvalue weighted by molar-refractivity contribution is 5.58. The van der Waals surface area contributed by atoms with Crippen molar-refractivity contribution in [1.82, 2.24) is 20.3 Å². The second-order valence-electron chi connectivity index (χ2n) is 4.23. The number of nitrogens with zero attached hydrogens (tertiary/aromatic N) is 3. The molecule has 1 N–H and O–H groups in total. The Morgan fingerprint density at radius 2 is 2.06 bits per heavy atom. The Morgan fingerprint density at radius 3 is 2.78 bits per heavy atom. The molecular weight excluding hydrogens is 228 g/mol. The van der Waals surface area contributed by atoms with Crippen molar-refractivity contribution in [2.45, 2.75) is 13.8 Å². The van der Waals surface area contributed by atoms with Gasteiger partial charge in [-0.1, -0.05) is 28.9 Å². The molecule has 5 heteroatoms. The molecule has 0 radical (unpaired) electrons. The van der Waals surface area contributed by atoms with E-state index in [1.165, 1.54) is 0 Å². The summed E-state index contributed by atoms with van der Waals surface area (Å²) in [7, 11) is 0. The minimum atomic E-state index is 0.427. The molecule has 0 unspecified atom stereocenters. The van der Waals surface area contributed by atoms with Gasteiger partial charge in [0.05, 0.1) is 0 Å². The third-order valence-electron chi connectivity index (χ3n) is 2.63. The van der Waals surface area contributed by atoms with E-state index in [1.54, 1.807) is 0 Å². The van der Waals surface area contributed by atoms with Crippen LogP contribution in [0.1, 0.15) is 11.3 Å². The van der Waals surface area contributed by atoms with Gasteiger partial charge in [0.2, 0.25) is 5.82 Å². The van der Waals surface area contributed by atoms with E-state index in [-0.39, 0.29) is 0 Å². The fourth-order valence-electron chi connectivity index (χ4n) is 1.76. The molecule has 5 nitrogen and oxygen atoms in total. The minimum absolute atomic E-state index is 0.427. The van der Waals surface area contributed by atoms with Crippen molar-refractivity contribution in [3.05, 3.63) is 41.6 Å². The number of nitrogens with one attached hydrogen (secondary N) is 1. The van der Waals surface area contributed by atoms with Crippen LogP contribution in [0.25, 0.3) is 23.0 Å². The van der Waals surface area contributed by atoms with E-state index in [2.05, 4.69) is 20.3 Å². The summed E-state index contributed by atoms with van der Waals surface area (Å²) in [5, 5.41) is 10.9. The highest BCUT2D eigenvalue weighted by Gasteiger charge is 2.12. The zero-order valence-corrected chi connectivity index (χ0v) is 10.1. The second-order valence-corrected chi connectivity index (χ2v) is 4.23. The zero-order valence-electron chi connectivity index (χ0n) is 10.1. The van der Waals surface area contributed by atoms with E-state index in [0.29, 0.717) is 17.4 Å². The van der Waals surface area contributed by atoms with Gasteiger partial charge in [0, 0.05) is 11.3 Å². The Labute approximate surface area is 104 Å². The van der Waals surface area contributed by atoms with E-state index in [0.717, 1.165) is 16.8 Å². The molecule has 3 rings (SSSR count). The van der Waals surface area contributed by atoms with Gasteiger partial charge in [-0.25, -0.2) is 0 Å². The molecule has 0 atom stereocenters. The van der Waals surface area contributed by atoms with Crippen molar-refractivity contribution in [1.29, 1.82) is 0 Å². The number of benzene rings is 1. The molecule has 0 fully saturated rings. The first-order valence-corrected chi connectivity index (χ1v) is 5.65. The highest BCUT2D eigenvalue weighted by atomic mass is 16.5. The van der Waals surface area contributed by atoms with Crippen molar-refractivity contribution in [3.63, 3.8) is 0 Å². The van der Waals surface area contributed by atoms with Crippen molar-refractivity contribution >= 4 is 0 Å². The molecule has 0 aliphatic carbocycles. The monoisotopic (exact) mass is 240 g/mol. The maximum Gasteiger partial charge on any atom is 0.278 e. The van der Waals surface area contributed by atoms with Gasteiger partial charge in [0.15, 0.2) is 5.69 Å². The fraction of sp³-hybridized carbons (Fsp3) is 0.154. The molecule has 2 aromatic heterocycles. The van der Waals surface area contributed by atoms with Crippen molar-refractivity contribution < 1.29 is 4.52 Å². The lowest BCUT2D eigenvalue weighted by Crippen LogP contribution is -1.82. The molecule has 0 saturated heterocycles. The summed E-state index contributed by atoms with van der Waals surface area (Å²) in [6.07, 6.45) is 0. The van der Waals surface area contributed by atoms with E-state index in [4.69, 9.17) is 4.52 Å². The van der Waals surface area contributed by atoms with Crippen LogP contribution in [0.15, 0.2) is 34.9 Å². The summed E-state index contributed by atoms with van der Waals surface area (Å²) >= 11 is 0. The molecule has 3 aromatic rings. The van der Waals surface area contributed by atoms with Gasteiger partial charge in [0.25, 0.3) is 5.89 Å². The van der Waals surface area contributed by atoms with Crippen LogP contribution in [0.2, 0.25) is 0 Å². The lowest BCUT2D eigenvalue weighted by molar-refractivity contribution is 0.431. The Morgan fingerprint density at radius 1 is 1.17 bits per heavy atom. The second kappa shape index (κ2) is 4.10. The van der Waals surface area contributed by atoms with Crippen LogP contribution >= 0.6 is 0 Å². The van der Waals surface area contributed by atoms with Crippen molar-refractivity contribution in [2.75, 3.05) is 0 Å². The van der Waals surface area contributed by atoms with Crippen molar-refractivity contribution in [2.24, 2.45) is 0 Å². The Kier molecular flexibility index (Phi) is 2.44. The number of aromatic nitrogens is 4. The van der Waals surface area contributed by atoms with E-state index < -0.39 is 0 Å². The van der Waals surface area contributed by atoms with E-state index in [1.807, 2.05) is 44.2 Å². The topological polar surface area (TPSA) is 67.6 Å². The van der Waals surface area contributed by atoms with Gasteiger partial charge in [-0.2, -0.15) is 10.1 Å². The maximum atomic E-state index is 5.21. The van der Waals surface area contributed by atoms with E-state index in [9.17, 15) is 0 Å². The summed E-state index contributed by atoms with van der Waals surface area (Å²) in [5.74, 6) is 1.00. The average Bonchev–Trinajstić information content (AvgIpc) is 2.97. The summed E-state index contributed by atoms with van der Waals surface area (Å²) < 4.78 is 5.21. The Hall–Kier alpha value is -2.43. The van der Waals surface area contributed by atoms with Gasteiger partial charge in [-0.15, -0.1) is 0 Å². The molecule has 0 spiro atoms. The van der Waals surface area contributed by atoms with Gasteiger partial charge in [0.1, 0.15) is 0 Å². The minimum Gasteiger partial charge on any atom is -0.332 e. The Bertz CT molecular complexity index is 684. The first-order valence-electron chi connectivity index (χ1n) is 5.65. The average molecular weight is 240 g/mol. The largest absolute Gasteiger partial charge is 0.332 e. The zero-order chi connectivity index (χ0) is 12.5. The number of hydrogen-bond acceptors (Lipinski definition) is 4. The van der Waals surface area contributed by atoms with Gasteiger partial charge in [-0.05, 0) is 26.0 Å². The standard InChI is InChI=1S/C13H12N4O/c1-8-4-3-5-10(6-8)12-14-13(18-17-12)11-7-9(2)15-16-11/h3-7H,1-2H3,(H,15,16). The number of hydrogen-bond donors (Lipinski definition) is 1. The molecule has 0 saturated carbocycles. The van der Waals surface area contributed by atoms with Crippen molar-refractivity contribution in [3.8, 4) is 23.0 Å². The molecule has 2 heterocycles. The normalized spacial score (nSPS) is 10.8. The van der Waals surface area contributed by atoms with Crippen LogP contribution in [0.5, 0.6) is 0 Å². The molecular formula is C13H12N4O. The fourth-order valence-corrected chi connectivity index (χ4v) is 1.76. The first kappa shape index (κ1) is 10.7. The highest BCUT2D eigenvalue weighted by Crippen LogP contribution is 2.21. The van der Waals surface area contributed by atoms with Crippen LogP contribution in [0, 0.1) is 13.8 Å². The predicted octanol–water partition coefficient (Wildman–Crippen LogP) is 2.74. The predicted molar refractivity (Wildman–Crippen MR) is 66.8 cm³/mol. The molecule has 90 valence electrons.